The Morgan fingerprint density at radius 2 is 1.88 bits per heavy atom. The van der Waals surface area contributed by atoms with Gasteiger partial charge in [0.05, 0.1) is 0 Å². The molecular formula is C17H21Cl2N3O3. The van der Waals surface area contributed by atoms with Crippen LogP contribution in [0.2, 0.25) is 10.0 Å². The Hall–Kier alpha value is -1.34. The van der Waals surface area contributed by atoms with Crippen LogP contribution in [0.4, 0.5) is 5.69 Å². The van der Waals surface area contributed by atoms with Crippen molar-refractivity contribution < 1.29 is 14.3 Å². The van der Waals surface area contributed by atoms with Gasteiger partial charge in [-0.3, -0.25) is 9.59 Å². The van der Waals surface area contributed by atoms with Gasteiger partial charge in [0.15, 0.2) is 0 Å². The summed E-state index contributed by atoms with van der Waals surface area (Å²) in [5, 5.41) is 3.35. The quantitative estimate of drug-likeness (QED) is 0.763. The van der Waals surface area contributed by atoms with E-state index in [0.717, 1.165) is 12.8 Å². The maximum absolute atomic E-state index is 12.6. The standard InChI is InChI=1S/C17H21Cl2N3O3/c18-12-5-13(19)7-14(6-12)21-15(23)16(24)22-9-11(8-20)17(10-22)1-3-25-4-2-17/h5-7,11H,1-4,8-10,20H2,(H,21,23). The van der Waals surface area contributed by atoms with E-state index in [4.69, 9.17) is 33.7 Å². The molecular weight excluding hydrogens is 365 g/mol. The zero-order chi connectivity index (χ0) is 18.0. The molecule has 2 saturated heterocycles. The van der Waals surface area contributed by atoms with Gasteiger partial charge in [-0.1, -0.05) is 23.2 Å². The summed E-state index contributed by atoms with van der Waals surface area (Å²) >= 11 is 11.8. The summed E-state index contributed by atoms with van der Waals surface area (Å²) in [6.07, 6.45) is 1.73. The summed E-state index contributed by atoms with van der Waals surface area (Å²) < 4.78 is 5.45. The number of benzene rings is 1. The average Bonchev–Trinajstić information content (AvgIpc) is 2.91. The third-order valence-electron chi connectivity index (χ3n) is 5.19. The van der Waals surface area contributed by atoms with Crippen molar-refractivity contribution in [1.29, 1.82) is 0 Å². The zero-order valence-electron chi connectivity index (χ0n) is 13.8. The second-order valence-corrected chi connectivity index (χ2v) is 7.58. The molecule has 2 heterocycles. The second-order valence-electron chi connectivity index (χ2n) is 6.71. The van der Waals surface area contributed by atoms with Crippen LogP contribution in [0.5, 0.6) is 0 Å². The Labute approximate surface area is 156 Å². The Bertz CT molecular complexity index is 657. The molecule has 1 atom stereocenters. The van der Waals surface area contributed by atoms with E-state index in [-0.39, 0.29) is 11.3 Å². The first-order valence-electron chi connectivity index (χ1n) is 8.28. The van der Waals surface area contributed by atoms with Crippen molar-refractivity contribution in [3.05, 3.63) is 28.2 Å². The number of nitrogens with two attached hydrogens (primary N) is 1. The van der Waals surface area contributed by atoms with E-state index in [1.54, 1.807) is 23.1 Å². The molecule has 2 aliphatic rings. The summed E-state index contributed by atoms with van der Waals surface area (Å²) in [5.41, 5.74) is 6.28. The number of amides is 2. The highest BCUT2D eigenvalue weighted by Gasteiger charge is 2.48. The highest BCUT2D eigenvalue weighted by Crippen LogP contribution is 2.43. The van der Waals surface area contributed by atoms with Gasteiger partial charge in [0.2, 0.25) is 0 Å². The highest BCUT2D eigenvalue weighted by atomic mass is 35.5. The van der Waals surface area contributed by atoms with Crippen molar-refractivity contribution in [2.75, 3.05) is 38.2 Å². The summed E-state index contributed by atoms with van der Waals surface area (Å²) in [6, 6.07) is 4.65. The molecule has 1 unspecified atom stereocenters. The van der Waals surface area contributed by atoms with E-state index < -0.39 is 11.8 Å². The van der Waals surface area contributed by atoms with Gasteiger partial charge in [-0.05, 0) is 48.9 Å². The van der Waals surface area contributed by atoms with Crippen molar-refractivity contribution in [2.24, 2.45) is 17.1 Å². The second kappa shape index (κ2) is 7.50. The topological polar surface area (TPSA) is 84.7 Å². The number of rotatable bonds is 2. The van der Waals surface area contributed by atoms with Crippen LogP contribution >= 0.6 is 23.2 Å². The van der Waals surface area contributed by atoms with E-state index in [1.807, 2.05) is 0 Å². The smallest absolute Gasteiger partial charge is 0.313 e. The van der Waals surface area contributed by atoms with Crippen molar-refractivity contribution in [3.63, 3.8) is 0 Å². The Kier molecular flexibility index (Phi) is 5.53. The van der Waals surface area contributed by atoms with Gasteiger partial charge in [-0.25, -0.2) is 0 Å². The van der Waals surface area contributed by atoms with Crippen LogP contribution in [0, 0.1) is 11.3 Å². The average molecular weight is 386 g/mol. The number of halogens is 2. The van der Waals surface area contributed by atoms with Crippen molar-refractivity contribution in [2.45, 2.75) is 12.8 Å². The minimum absolute atomic E-state index is 0.0394. The third kappa shape index (κ3) is 3.92. The number of anilines is 1. The lowest BCUT2D eigenvalue weighted by molar-refractivity contribution is -0.142. The molecule has 0 aromatic heterocycles. The van der Waals surface area contributed by atoms with Crippen LogP contribution in [-0.4, -0.2) is 49.6 Å². The summed E-state index contributed by atoms with van der Waals surface area (Å²) in [7, 11) is 0. The van der Waals surface area contributed by atoms with Gasteiger partial charge in [0.1, 0.15) is 0 Å². The monoisotopic (exact) mass is 385 g/mol. The number of nitrogens with zero attached hydrogens (tertiary/aromatic N) is 1. The van der Waals surface area contributed by atoms with E-state index in [2.05, 4.69) is 5.32 Å². The molecule has 1 aromatic carbocycles. The van der Waals surface area contributed by atoms with Gasteiger partial charge in [-0.2, -0.15) is 0 Å². The van der Waals surface area contributed by atoms with E-state index in [9.17, 15) is 9.59 Å². The van der Waals surface area contributed by atoms with E-state index in [0.29, 0.717) is 48.6 Å². The van der Waals surface area contributed by atoms with Crippen molar-refractivity contribution >= 4 is 40.7 Å². The molecule has 6 nitrogen and oxygen atoms in total. The van der Waals surface area contributed by atoms with Gasteiger partial charge in [0, 0.05) is 42.0 Å². The minimum Gasteiger partial charge on any atom is -0.381 e. The fourth-order valence-corrected chi connectivity index (χ4v) is 4.34. The first-order valence-corrected chi connectivity index (χ1v) is 9.03. The molecule has 2 fully saturated rings. The Morgan fingerprint density at radius 1 is 1.24 bits per heavy atom. The molecule has 0 aliphatic carbocycles. The van der Waals surface area contributed by atoms with E-state index in [1.165, 1.54) is 0 Å². The molecule has 136 valence electrons. The van der Waals surface area contributed by atoms with Crippen molar-refractivity contribution in [3.8, 4) is 0 Å². The lowest BCUT2D eigenvalue weighted by atomic mass is 9.72. The number of hydrogen-bond acceptors (Lipinski definition) is 4. The highest BCUT2D eigenvalue weighted by molar-refractivity contribution is 6.40. The van der Waals surface area contributed by atoms with Crippen LogP contribution in [0.15, 0.2) is 18.2 Å². The molecule has 3 rings (SSSR count). The van der Waals surface area contributed by atoms with E-state index >= 15 is 0 Å². The molecule has 3 N–H and O–H groups in total. The van der Waals surface area contributed by atoms with Gasteiger partial charge < -0.3 is 20.7 Å². The lowest BCUT2D eigenvalue weighted by Gasteiger charge is -2.37. The fourth-order valence-electron chi connectivity index (χ4n) is 3.81. The summed E-state index contributed by atoms with van der Waals surface area (Å²) in [5.74, 6) is -1.06. The lowest BCUT2D eigenvalue weighted by Crippen LogP contribution is -2.41. The van der Waals surface area contributed by atoms with Crippen LogP contribution in [0.1, 0.15) is 12.8 Å². The number of likely N-dealkylation sites (tertiary alicyclic amines) is 1. The fraction of sp³-hybridized carbons (Fsp3) is 0.529. The predicted molar refractivity (Wildman–Crippen MR) is 96.7 cm³/mol. The predicted octanol–water partition coefficient (Wildman–Crippen LogP) is 2.15. The maximum atomic E-state index is 12.6. The van der Waals surface area contributed by atoms with Crippen LogP contribution in [0.25, 0.3) is 0 Å². The molecule has 8 heteroatoms. The number of carbonyl (C=O) groups excluding carboxylic acids is 2. The Morgan fingerprint density at radius 3 is 2.48 bits per heavy atom. The van der Waals surface area contributed by atoms with Gasteiger partial charge in [0.25, 0.3) is 0 Å². The van der Waals surface area contributed by atoms with Crippen LogP contribution in [-0.2, 0) is 14.3 Å². The minimum atomic E-state index is -0.696. The zero-order valence-corrected chi connectivity index (χ0v) is 15.3. The molecule has 25 heavy (non-hydrogen) atoms. The largest absolute Gasteiger partial charge is 0.381 e. The number of nitrogens with one attached hydrogen (secondary N) is 1. The van der Waals surface area contributed by atoms with Crippen molar-refractivity contribution in [1.82, 2.24) is 4.90 Å². The Balaban J connectivity index is 1.69. The summed E-state index contributed by atoms with van der Waals surface area (Å²) in [6.45, 7) is 2.88. The summed E-state index contributed by atoms with van der Waals surface area (Å²) in [4.78, 5) is 26.5. The maximum Gasteiger partial charge on any atom is 0.313 e. The molecule has 1 aromatic rings. The molecule has 0 saturated carbocycles. The number of carbonyl (C=O) groups is 2. The molecule has 1 spiro atoms. The van der Waals surface area contributed by atoms with Crippen LogP contribution in [0.3, 0.4) is 0 Å². The van der Waals surface area contributed by atoms with Gasteiger partial charge in [-0.15, -0.1) is 0 Å². The van der Waals surface area contributed by atoms with Crippen LogP contribution < -0.4 is 11.1 Å². The molecule has 2 aliphatic heterocycles. The number of hydrogen-bond donors (Lipinski definition) is 2. The molecule has 0 bridgehead atoms. The molecule has 2 amide bonds. The SMILES string of the molecule is NCC1CN(C(=O)C(=O)Nc2cc(Cl)cc(Cl)c2)CC12CCOCC2. The first kappa shape index (κ1) is 18.5. The molecule has 0 radical (unpaired) electrons. The number of ether oxygens (including phenoxy) is 1. The third-order valence-corrected chi connectivity index (χ3v) is 5.62. The normalized spacial score (nSPS) is 22.2. The first-order chi connectivity index (χ1) is 11.9. The van der Waals surface area contributed by atoms with Gasteiger partial charge >= 0.3 is 11.8 Å².